The van der Waals surface area contributed by atoms with Crippen LogP contribution < -0.4 is 5.73 Å². The van der Waals surface area contributed by atoms with Crippen LogP contribution >= 0.6 is 35.0 Å². The number of benzene rings is 1. The fourth-order valence-corrected chi connectivity index (χ4v) is 2.33. The standard InChI is InChI=1S/C10H11Cl2NO2S/c1-15-10(14)2-3-16-9-5-7(12)6(11)4-8(9)13/h4-5H,2-3,13H2,1H3. The first-order valence-corrected chi connectivity index (χ1v) is 6.23. The lowest BCUT2D eigenvalue weighted by molar-refractivity contribution is -0.140. The molecule has 6 heteroatoms. The largest absolute Gasteiger partial charge is 0.469 e. The molecule has 0 fully saturated rings. The van der Waals surface area contributed by atoms with E-state index in [-0.39, 0.29) is 5.97 Å². The molecule has 0 amide bonds. The summed E-state index contributed by atoms with van der Waals surface area (Å²) in [7, 11) is 1.36. The lowest BCUT2D eigenvalue weighted by Gasteiger charge is -2.06. The zero-order valence-electron chi connectivity index (χ0n) is 8.63. The van der Waals surface area contributed by atoms with Crippen LogP contribution in [0.5, 0.6) is 0 Å². The highest BCUT2D eigenvalue weighted by molar-refractivity contribution is 7.99. The molecule has 1 aromatic carbocycles. The van der Waals surface area contributed by atoms with Crippen molar-refractivity contribution in [2.45, 2.75) is 11.3 Å². The van der Waals surface area contributed by atoms with E-state index in [9.17, 15) is 4.79 Å². The topological polar surface area (TPSA) is 52.3 Å². The van der Waals surface area contributed by atoms with Gasteiger partial charge in [-0.15, -0.1) is 11.8 Å². The zero-order valence-corrected chi connectivity index (χ0v) is 11.0. The van der Waals surface area contributed by atoms with Gasteiger partial charge in [0.15, 0.2) is 0 Å². The average molecular weight is 280 g/mol. The Kier molecular flexibility index (Phi) is 5.25. The molecule has 0 aromatic heterocycles. The van der Waals surface area contributed by atoms with Crippen molar-refractivity contribution in [2.24, 2.45) is 0 Å². The molecule has 88 valence electrons. The molecule has 0 atom stereocenters. The van der Waals surface area contributed by atoms with Crippen molar-refractivity contribution in [2.75, 3.05) is 18.6 Å². The minimum atomic E-state index is -0.244. The summed E-state index contributed by atoms with van der Waals surface area (Å²) in [5, 5.41) is 0.882. The molecule has 1 aromatic rings. The van der Waals surface area contributed by atoms with Gasteiger partial charge in [0.25, 0.3) is 0 Å². The van der Waals surface area contributed by atoms with E-state index in [0.717, 1.165) is 4.90 Å². The molecule has 0 aliphatic carbocycles. The smallest absolute Gasteiger partial charge is 0.306 e. The van der Waals surface area contributed by atoms with Gasteiger partial charge >= 0.3 is 5.97 Å². The number of hydrogen-bond donors (Lipinski definition) is 1. The second kappa shape index (κ2) is 6.23. The van der Waals surface area contributed by atoms with Gasteiger partial charge in [-0.25, -0.2) is 0 Å². The minimum Gasteiger partial charge on any atom is -0.469 e. The zero-order chi connectivity index (χ0) is 12.1. The maximum Gasteiger partial charge on any atom is 0.306 e. The van der Waals surface area contributed by atoms with Crippen molar-refractivity contribution in [1.82, 2.24) is 0 Å². The number of carbonyl (C=O) groups is 1. The lowest BCUT2D eigenvalue weighted by atomic mass is 10.3. The van der Waals surface area contributed by atoms with Gasteiger partial charge in [0.2, 0.25) is 0 Å². The SMILES string of the molecule is COC(=O)CCSc1cc(Cl)c(Cl)cc1N. The number of ether oxygens (including phenoxy) is 1. The van der Waals surface area contributed by atoms with Crippen molar-refractivity contribution in [3.05, 3.63) is 22.2 Å². The van der Waals surface area contributed by atoms with Crippen LogP contribution in [0.3, 0.4) is 0 Å². The number of thioether (sulfide) groups is 1. The molecule has 3 nitrogen and oxygen atoms in total. The predicted octanol–water partition coefficient (Wildman–Crippen LogP) is 3.23. The van der Waals surface area contributed by atoms with Gasteiger partial charge in [0.05, 0.1) is 23.6 Å². The average Bonchev–Trinajstić information content (AvgIpc) is 2.25. The highest BCUT2D eigenvalue weighted by Crippen LogP contribution is 2.33. The van der Waals surface area contributed by atoms with Crippen LogP contribution in [0, 0.1) is 0 Å². The lowest BCUT2D eigenvalue weighted by Crippen LogP contribution is -2.01. The minimum absolute atomic E-state index is 0.244. The monoisotopic (exact) mass is 279 g/mol. The molecule has 0 radical (unpaired) electrons. The Balaban J connectivity index is 2.60. The van der Waals surface area contributed by atoms with E-state index in [1.807, 2.05) is 0 Å². The molecule has 0 spiro atoms. The van der Waals surface area contributed by atoms with E-state index in [1.165, 1.54) is 18.9 Å². The molecule has 0 bridgehead atoms. The third kappa shape index (κ3) is 3.77. The Morgan fingerprint density at radius 2 is 2.06 bits per heavy atom. The quantitative estimate of drug-likeness (QED) is 0.522. The van der Waals surface area contributed by atoms with Crippen LogP contribution in [0.2, 0.25) is 10.0 Å². The molecule has 0 aliphatic heterocycles. The second-order valence-corrected chi connectivity index (χ2v) is 4.93. The van der Waals surface area contributed by atoms with Crippen LogP contribution in [0.1, 0.15) is 6.42 Å². The second-order valence-electron chi connectivity index (χ2n) is 2.98. The van der Waals surface area contributed by atoms with Crippen molar-refractivity contribution in [3.8, 4) is 0 Å². The molecular formula is C10H11Cl2NO2S. The third-order valence-corrected chi connectivity index (χ3v) is 3.64. The number of esters is 1. The van der Waals surface area contributed by atoms with Gasteiger partial charge in [-0.3, -0.25) is 4.79 Å². The summed E-state index contributed by atoms with van der Waals surface area (Å²) in [5.41, 5.74) is 6.32. The molecule has 16 heavy (non-hydrogen) atoms. The summed E-state index contributed by atoms with van der Waals surface area (Å²) in [6.45, 7) is 0. The van der Waals surface area contributed by atoms with Crippen molar-refractivity contribution < 1.29 is 9.53 Å². The molecule has 1 rings (SSSR count). The van der Waals surface area contributed by atoms with Crippen molar-refractivity contribution in [3.63, 3.8) is 0 Å². The van der Waals surface area contributed by atoms with E-state index in [1.54, 1.807) is 12.1 Å². The first kappa shape index (κ1) is 13.5. The summed E-state index contributed by atoms with van der Waals surface area (Å²) in [5.74, 6) is 0.348. The van der Waals surface area contributed by atoms with E-state index in [0.29, 0.717) is 27.9 Å². The summed E-state index contributed by atoms with van der Waals surface area (Å²) >= 11 is 13.1. The molecule has 2 N–H and O–H groups in total. The highest BCUT2D eigenvalue weighted by Gasteiger charge is 2.07. The van der Waals surface area contributed by atoms with Crippen LogP contribution in [0.15, 0.2) is 17.0 Å². The van der Waals surface area contributed by atoms with Crippen molar-refractivity contribution >= 4 is 46.6 Å². The predicted molar refractivity (Wildman–Crippen MR) is 68.2 cm³/mol. The van der Waals surface area contributed by atoms with E-state index < -0.39 is 0 Å². The van der Waals surface area contributed by atoms with Gasteiger partial charge in [-0.05, 0) is 12.1 Å². The number of carbonyl (C=O) groups excluding carboxylic acids is 1. The Hall–Kier alpha value is -0.580. The van der Waals surface area contributed by atoms with Gasteiger partial charge in [-0.1, -0.05) is 23.2 Å². The Morgan fingerprint density at radius 3 is 2.69 bits per heavy atom. The summed E-state index contributed by atoms with van der Waals surface area (Å²) < 4.78 is 4.53. The summed E-state index contributed by atoms with van der Waals surface area (Å²) in [6.07, 6.45) is 0.334. The first-order valence-electron chi connectivity index (χ1n) is 4.48. The normalized spacial score (nSPS) is 10.2. The number of hydrogen-bond acceptors (Lipinski definition) is 4. The maximum absolute atomic E-state index is 10.9. The van der Waals surface area contributed by atoms with E-state index in [4.69, 9.17) is 28.9 Å². The van der Waals surface area contributed by atoms with Crippen LogP contribution in [0.4, 0.5) is 5.69 Å². The Bertz CT molecular complexity index is 399. The van der Waals surface area contributed by atoms with E-state index >= 15 is 0 Å². The Labute approximate surface area is 108 Å². The number of anilines is 1. The number of halogens is 2. The number of methoxy groups -OCH3 is 1. The Morgan fingerprint density at radius 1 is 1.44 bits per heavy atom. The molecular weight excluding hydrogens is 269 g/mol. The fourth-order valence-electron chi connectivity index (χ4n) is 1.02. The highest BCUT2D eigenvalue weighted by atomic mass is 35.5. The van der Waals surface area contributed by atoms with Crippen LogP contribution in [-0.2, 0) is 9.53 Å². The van der Waals surface area contributed by atoms with Gasteiger partial charge < -0.3 is 10.5 Å². The van der Waals surface area contributed by atoms with Gasteiger partial charge in [0, 0.05) is 16.3 Å². The number of nitrogen functional groups attached to an aromatic ring is 1. The molecule has 0 saturated carbocycles. The van der Waals surface area contributed by atoms with Crippen LogP contribution in [-0.4, -0.2) is 18.8 Å². The molecule has 0 heterocycles. The van der Waals surface area contributed by atoms with Crippen LogP contribution in [0.25, 0.3) is 0 Å². The molecule has 0 unspecified atom stereocenters. The third-order valence-electron chi connectivity index (χ3n) is 1.84. The summed E-state index contributed by atoms with van der Waals surface area (Å²) in [6, 6.07) is 3.30. The number of nitrogens with two attached hydrogens (primary N) is 1. The molecule has 0 saturated heterocycles. The van der Waals surface area contributed by atoms with E-state index in [2.05, 4.69) is 4.74 Å². The molecule has 0 aliphatic rings. The van der Waals surface area contributed by atoms with Gasteiger partial charge in [-0.2, -0.15) is 0 Å². The van der Waals surface area contributed by atoms with Crippen molar-refractivity contribution in [1.29, 1.82) is 0 Å². The number of rotatable bonds is 4. The fraction of sp³-hybridized carbons (Fsp3) is 0.300. The van der Waals surface area contributed by atoms with Gasteiger partial charge in [0.1, 0.15) is 0 Å². The maximum atomic E-state index is 10.9. The summed E-state index contributed by atoms with van der Waals surface area (Å²) in [4.78, 5) is 11.7. The first-order chi connectivity index (χ1) is 7.54.